The van der Waals surface area contributed by atoms with Gasteiger partial charge in [0, 0.05) is 37.1 Å². The van der Waals surface area contributed by atoms with Gasteiger partial charge in [-0.3, -0.25) is 4.79 Å². The summed E-state index contributed by atoms with van der Waals surface area (Å²) in [4.78, 5) is 10.8. The first-order chi connectivity index (χ1) is 6.72. The summed E-state index contributed by atoms with van der Waals surface area (Å²) in [5.74, 6) is 0. The van der Waals surface area contributed by atoms with Crippen LogP contribution in [0.5, 0.6) is 0 Å². The fourth-order valence-corrected chi connectivity index (χ4v) is 1.32. The summed E-state index contributed by atoms with van der Waals surface area (Å²) in [6.45, 7) is 3.15. The van der Waals surface area contributed by atoms with Gasteiger partial charge in [-0.1, -0.05) is 0 Å². The molecule has 0 aromatic carbocycles. The molecule has 0 saturated carbocycles. The topological polar surface area (TPSA) is 34.0 Å². The molecule has 1 N–H and O–H groups in total. The molecule has 0 aliphatic heterocycles. The van der Waals surface area contributed by atoms with E-state index in [1.165, 1.54) is 0 Å². The number of hydrogen-bond acceptors (Lipinski definition) is 2. The predicted octanol–water partition coefficient (Wildman–Crippen LogP) is 1.24. The number of aryl methyl sites for hydroxylation is 1. The van der Waals surface area contributed by atoms with Crippen LogP contribution in [0.25, 0.3) is 0 Å². The summed E-state index contributed by atoms with van der Waals surface area (Å²) in [7, 11) is 1.98. The number of aromatic nitrogens is 1. The number of rotatable bonds is 5. The SMILES string of the molecule is CNC(C)CCCn1ccc(=O)cc1. The minimum Gasteiger partial charge on any atom is -0.354 e. The van der Waals surface area contributed by atoms with E-state index >= 15 is 0 Å². The van der Waals surface area contributed by atoms with Crippen molar-refractivity contribution in [1.29, 1.82) is 0 Å². The van der Waals surface area contributed by atoms with Gasteiger partial charge in [0.05, 0.1) is 0 Å². The average Bonchev–Trinajstić information content (AvgIpc) is 2.21. The molecule has 0 radical (unpaired) electrons. The summed E-state index contributed by atoms with van der Waals surface area (Å²) in [6.07, 6.45) is 5.96. The van der Waals surface area contributed by atoms with Crippen molar-refractivity contribution in [3.05, 3.63) is 34.7 Å². The number of nitrogens with one attached hydrogen (secondary N) is 1. The highest BCUT2D eigenvalue weighted by atomic mass is 16.1. The zero-order valence-electron chi connectivity index (χ0n) is 8.86. The van der Waals surface area contributed by atoms with Crippen molar-refractivity contribution in [1.82, 2.24) is 9.88 Å². The Hall–Kier alpha value is -1.09. The van der Waals surface area contributed by atoms with Gasteiger partial charge in [0.2, 0.25) is 0 Å². The Labute approximate surface area is 84.8 Å². The quantitative estimate of drug-likeness (QED) is 0.765. The van der Waals surface area contributed by atoms with Crippen LogP contribution in [-0.4, -0.2) is 17.7 Å². The fourth-order valence-electron chi connectivity index (χ4n) is 1.32. The zero-order valence-corrected chi connectivity index (χ0v) is 8.86. The number of pyridine rings is 1. The lowest BCUT2D eigenvalue weighted by Gasteiger charge is -2.10. The molecular weight excluding hydrogens is 176 g/mol. The van der Waals surface area contributed by atoms with Crippen LogP contribution in [0.4, 0.5) is 0 Å². The third-order valence-electron chi connectivity index (χ3n) is 2.41. The van der Waals surface area contributed by atoms with Gasteiger partial charge in [-0.05, 0) is 26.8 Å². The molecule has 0 fully saturated rings. The average molecular weight is 194 g/mol. The molecule has 1 rings (SSSR count). The van der Waals surface area contributed by atoms with Gasteiger partial charge in [-0.2, -0.15) is 0 Å². The molecule has 1 unspecified atom stereocenters. The third kappa shape index (κ3) is 3.75. The van der Waals surface area contributed by atoms with Gasteiger partial charge in [-0.15, -0.1) is 0 Å². The van der Waals surface area contributed by atoms with Crippen LogP contribution in [-0.2, 0) is 6.54 Å². The van der Waals surface area contributed by atoms with Gasteiger partial charge in [0.25, 0.3) is 0 Å². The lowest BCUT2D eigenvalue weighted by atomic mass is 10.2. The lowest BCUT2D eigenvalue weighted by molar-refractivity contribution is 0.506. The van der Waals surface area contributed by atoms with Crippen LogP contribution in [0.3, 0.4) is 0 Å². The maximum absolute atomic E-state index is 10.8. The Balaban J connectivity index is 2.31. The molecule has 0 bridgehead atoms. The second-order valence-electron chi connectivity index (χ2n) is 3.60. The predicted molar refractivity (Wildman–Crippen MR) is 58.5 cm³/mol. The molecule has 1 heterocycles. The van der Waals surface area contributed by atoms with E-state index in [0.29, 0.717) is 6.04 Å². The van der Waals surface area contributed by atoms with Gasteiger partial charge in [-0.25, -0.2) is 0 Å². The van der Waals surface area contributed by atoms with E-state index in [0.717, 1.165) is 19.4 Å². The molecule has 0 amide bonds. The van der Waals surface area contributed by atoms with Crippen LogP contribution in [0.1, 0.15) is 19.8 Å². The zero-order chi connectivity index (χ0) is 10.4. The van der Waals surface area contributed by atoms with Crippen molar-refractivity contribution >= 4 is 0 Å². The van der Waals surface area contributed by atoms with Gasteiger partial charge in [0.1, 0.15) is 0 Å². The first-order valence-corrected chi connectivity index (χ1v) is 5.06. The summed E-state index contributed by atoms with van der Waals surface area (Å²) in [5.41, 5.74) is 0.0739. The van der Waals surface area contributed by atoms with E-state index in [9.17, 15) is 4.79 Å². The number of hydrogen-bond donors (Lipinski definition) is 1. The second kappa shape index (κ2) is 5.60. The molecule has 1 aromatic rings. The Kier molecular flexibility index (Phi) is 4.40. The van der Waals surface area contributed by atoms with Crippen LogP contribution < -0.4 is 10.7 Å². The summed E-state index contributed by atoms with van der Waals surface area (Å²) in [5, 5.41) is 3.20. The summed E-state index contributed by atoms with van der Waals surface area (Å²) < 4.78 is 2.05. The van der Waals surface area contributed by atoms with Gasteiger partial charge >= 0.3 is 0 Å². The minimum atomic E-state index is 0.0739. The van der Waals surface area contributed by atoms with Crippen molar-refractivity contribution in [3.8, 4) is 0 Å². The minimum absolute atomic E-state index is 0.0739. The Morgan fingerprint density at radius 2 is 2.07 bits per heavy atom. The summed E-state index contributed by atoms with van der Waals surface area (Å²) >= 11 is 0. The molecule has 1 atom stereocenters. The van der Waals surface area contributed by atoms with Crippen molar-refractivity contribution in [2.45, 2.75) is 32.4 Å². The largest absolute Gasteiger partial charge is 0.354 e. The molecular formula is C11H18N2O. The van der Waals surface area contributed by atoms with Crippen molar-refractivity contribution < 1.29 is 0 Å². The normalized spacial score (nSPS) is 12.7. The fraction of sp³-hybridized carbons (Fsp3) is 0.545. The molecule has 3 heteroatoms. The van der Waals surface area contributed by atoms with Crippen molar-refractivity contribution in [2.24, 2.45) is 0 Å². The molecule has 0 aliphatic rings. The van der Waals surface area contributed by atoms with E-state index in [-0.39, 0.29) is 5.43 Å². The first-order valence-electron chi connectivity index (χ1n) is 5.06. The molecule has 14 heavy (non-hydrogen) atoms. The first kappa shape index (κ1) is 11.0. The highest BCUT2D eigenvalue weighted by Crippen LogP contribution is 1.98. The molecule has 0 saturated heterocycles. The molecule has 1 aromatic heterocycles. The molecule has 78 valence electrons. The third-order valence-corrected chi connectivity index (χ3v) is 2.41. The Morgan fingerprint density at radius 1 is 1.43 bits per heavy atom. The van der Waals surface area contributed by atoms with E-state index in [4.69, 9.17) is 0 Å². The lowest BCUT2D eigenvalue weighted by Crippen LogP contribution is -2.21. The number of nitrogens with zero attached hydrogens (tertiary/aromatic N) is 1. The molecule has 0 aliphatic carbocycles. The maximum atomic E-state index is 10.8. The Bertz CT molecular complexity index is 299. The Morgan fingerprint density at radius 3 is 2.64 bits per heavy atom. The molecule has 3 nitrogen and oxygen atoms in total. The molecule has 0 spiro atoms. The van der Waals surface area contributed by atoms with Crippen molar-refractivity contribution in [3.63, 3.8) is 0 Å². The van der Waals surface area contributed by atoms with Crippen LogP contribution in [0.2, 0.25) is 0 Å². The van der Waals surface area contributed by atoms with Crippen LogP contribution in [0, 0.1) is 0 Å². The van der Waals surface area contributed by atoms with E-state index < -0.39 is 0 Å². The smallest absolute Gasteiger partial charge is 0.181 e. The second-order valence-corrected chi connectivity index (χ2v) is 3.60. The highest BCUT2D eigenvalue weighted by Gasteiger charge is 1.97. The van der Waals surface area contributed by atoms with Crippen LogP contribution >= 0.6 is 0 Å². The van der Waals surface area contributed by atoms with Gasteiger partial charge in [0.15, 0.2) is 5.43 Å². The van der Waals surface area contributed by atoms with E-state index in [1.807, 2.05) is 24.0 Å². The maximum Gasteiger partial charge on any atom is 0.181 e. The summed E-state index contributed by atoms with van der Waals surface area (Å²) in [6, 6.07) is 3.76. The van der Waals surface area contributed by atoms with E-state index in [1.54, 1.807) is 12.1 Å². The van der Waals surface area contributed by atoms with Crippen LogP contribution in [0.15, 0.2) is 29.3 Å². The van der Waals surface area contributed by atoms with Gasteiger partial charge < -0.3 is 9.88 Å². The highest BCUT2D eigenvalue weighted by molar-refractivity contribution is 4.93. The van der Waals surface area contributed by atoms with E-state index in [2.05, 4.69) is 12.2 Å². The van der Waals surface area contributed by atoms with Crippen molar-refractivity contribution in [2.75, 3.05) is 7.05 Å². The monoisotopic (exact) mass is 194 g/mol. The standard InChI is InChI=1S/C11H18N2O/c1-10(12-2)4-3-7-13-8-5-11(14)6-9-13/h5-6,8-10,12H,3-4,7H2,1-2H3.